The molecule has 1 saturated heterocycles. The molecule has 0 aromatic carbocycles. The van der Waals surface area contributed by atoms with Crippen LogP contribution in [0.2, 0.25) is 0 Å². The highest BCUT2D eigenvalue weighted by molar-refractivity contribution is 5.86. The number of rotatable bonds is 5. The number of furan rings is 1. The van der Waals surface area contributed by atoms with Crippen LogP contribution in [0.4, 0.5) is 0 Å². The first-order valence-electron chi connectivity index (χ1n) is 8.67. The Kier molecular flexibility index (Phi) is 4.46. The molecule has 1 aromatic rings. The number of carboxylic acids is 1. The van der Waals surface area contributed by atoms with Gasteiger partial charge in [0.25, 0.3) is 0 Å². The first-order chi connectivity index (χ1) is 11.1. The zero-order valence-electron chi connectivity index (χ0n) is 13.7. The van der Waals surface area contributed by atoms with Gasteiger partial charge in [-0.05, 0) is 44.2 Å². The number of aliphatic carboxylic acids is 1. The lowest BCUT2D eigenvalue weighted by atomic mass is 9.66. The van der Waals surface area contributed by atoms with E-state index >= 15 is 0 Å². The van der Waals surface area contributed by atoms with Crippen LogP contribution in [0.5, 0.6) is 0 Å². The van der Waals surface area contributed by atoms with E-state index in [4.69, 9.17) is 4.42 Å². The molecule has 1 saturated carbocycles. The first kappa shape index (κ1) is 16.1. The zero-order valence-corrected chi connectivity index (χ0v) is 13.7. The lowest BCUT2D eigenvalue weighted by Gasteiger charge is -2.41. The van der Waals surface area contributed by atoms with Crippen LogP contribution in [-0.2, 0) is 16.0 Å². The van der Waals surface area contributed by atoms with Crippen LogP contribution >= 0.6 is 0 Å². The summed E-state index contributed by atoms with van der Waals surface area (Å²) in [6.07, 6.45) is 6.04. The van der Waals surface area contributed by atoms with Crippen LogP contribution in [-0.4, -0.2) is 28.4 Å². The average molecular weight is 319 g/mol. The Morgan fingerprint density at radius 2 is 2.09 bits per heavy atom. The highest BCUT2D eigenvalue weighted by Gasteiger charge is 2.47. The summed E-state index contributed by atoms with van der Waals surface area (Å²) in [6.45, 7) is 2.74. The molecule has 1 aliphatic heterocycles. The van der Waals surface area contributed by atoms with E-state index in [1.807, 2.05) is 24.0 Å². The Morgan fingerprint density at radius 3 is 2.65 bits per heavy atom. The fourth-order valence-corrected chi connectivity index (χ4v) is 3.75. The van der Waals surface area contributed by atoms with Crippen LogP contribution in [0.15, 0.2) is 16.5 Å². The lowest BCUT2D eigenvalue weighted by molar-refractivity contribution is -0.160. The molecular formula is C18H25NO4. The molecule has 2 heterocycles. The molecular weight excluding hydrogens is 294 g/mol. The van der Waals surface area contributed by atoms with E-state index in [2.05, 4.69) is 0 Å². The van der Waals surface area contributed by atoms with Crippen LogP contribution in [0.3, 0.4) is 0 Å². The smallest absolute Gasteiger partial charge is 0.310 e. The summed E-state index contributed by atoms with van der Waals surface area (Å²) < 4.78 is 5.86. The molecule has 1 atom stereocenters. The molecule has 1 aliphatic carbocycles. The maximum Gasteiger partial charge on any atom is 0.310 e. The minimum absolute atomic E-state index is 0.0359. The van der Waals surface area contributed by atoms with E-state index < -0.39 is 11.4 Å². The van der Waals surface area contributed by atoms with Gasteiger partial charge >= 0.3 is 5.97 Å². The van der Waals surface area contributed by atoms with Crippen molar-refractivity contribution in [3.05, 3.63) is 23.7 Å². The van der Waals surface area contributed by atoms with E-state index in [9.17, 15) is 14.7 Å². The maximum atomic E-state index is 12.8. The highest BCUT2D eigenvalue weighted by Crippen LogP contribution is 2.45. The van der Waals surface area contributed by atoms with Gasteiger partial charge in [0.1, 0.15) is 11.5 Å². The lowest BCUT2D eigenvalue weighted by Crippen LogP contribution is -2.46. The fourth-order valence-electron chi connectivity index (χ4n) is 3.75. The Morgan fingerprint density at radius 1 is 1.30 bits per heavy atom. The van der Waals surface area contributed by atoms with Gasteiger partial charge in [-0.2, -0.15) is 0 Å². The van der Waals surface area contributed by atoms with Gasteiger partial charge in [0.05, 0.1) is 11.5 Å². The Bertz CT molecular complexity index is 588. The molecule has 1 unspecified atom stereocenters. The Labute approximate surface area is 136 Å². The van der Waals surface area contributed by atoms with Crippen molar-refractivity contribution < 1.29 is 19.1 Å². The molecule has 3 rings (SSSR count). The molecule has 0 radical (unpaired) electrons. The van der Waals surface area contributed by atoms with Crippen molar-refractivity contribution >= 4 is 11.9 Å². The van der Waals surface area contributed by atoms with E-state index in [0.717, 1.165) is 43.6 Å². The standard InChI is InChI=1S/C18H25NO4/c1-2-13-7-8-15(23-13)14-6-3-4-11-19(14)16(20)12-18(17(21)22)9-5-10-18/h7-8,14H,2-6,9-12H2,1H3,(H,21,22). The zero-order chi connectivity index (χ0) is 16.4. The largest absolute Gasteiger partial charge is 0.481 e. The predicted molar refractivity (Wildman–Crippen MR) is 84.9 cm³/mol. The van der Waals surface area contributed by atoms with Crippen molar-refractivity contribution in [2.45, 2.75) is 64.3 Å². The molecule has 0 bridgehead atoms. The van der Waals surface area contributed by atoms with E-state index in [1.54, 1.807) is 0 Å². The monoisotopic (exact) mass is 319 g/mol. The first-order valence-corrected chi connectivity index (χ1v) is 8.67. The number of hydrogen-bond donors (Lipinski definition) is 1. The van der Waals surface area contributed by atoms with Crippen molar-refractivity contribution in [2.75, 3.05) is 6.54 Å². The number of likely N-dealkylation sites (tertiary alicyclic amines) is 1. The molecule has 1 N–H and O–H groups in total. The number of nitrogens with zero attached hydrogens (tertiary/aromatic N) is 1. The maximum absolute atomic E-state index is 12.8. The highest BCUT2D eigenvalue weighted by atomic mass is 16.4. The SMILES string of the molecule is CCc1ccc(C2CCCCN2C(=O)CC2(C(=O)O)CCC2)o1. The van der Waals surface area contributed by atoms with Gasteiger partial charge in [-0.1, -0.05) is 13.3 Å². The number of amides is 1. The van der Waals surface area contributed by atoms with Crippen LogP contribution < -0.4 is 0 Å². The second-order valence-electron chi connectivity index (χ2n) is 6.87. The summed E-state index contributed by atoms with van der Waals surface area (Å²) >= 11 is 0. The molecule has 5 nitrogen and oxygen atoms in total. The van der Waals surface area contributed by atoms with Gasteiger partial charge in [-0.25, -0.2) is 0 Å². The third-order valence-electron chi connectivity index (χ3n) is 5.44. The number of carbonyl (C=O) groups excluding carboxylic acids is 1. The quantitative estimate of drug-likeness (QED) is 0.901. The normalized spacial score (nSPS) is 23.3. The van der Waals surface area contributed by atoms with Crippen molar-refractivity contribution in [3.63, 3.8) is 0 Å². The molecule has 5 heteroatoms. The van der Waals surface area contributed by atoms with Crippen molar-refractivity contribution in [1.82, 2.24) is 4.90 Å². The van der Waals surface area contributed by atoms with Gasteiger partial charge in [0.2, 0.25) is 5.91 Å². The van der Waals surface area contributed by atoms with Gasteiger partial charge in [-0.15, -0.1) is 0 Å². The summed E-state index contributed by atoms with van der Waals surface area (Å²) in [5.74, 6) is 0.912. The van der Waals surface area contributed by atoms with Crippen molar-refractivity contribution in [1.29, 1.82) is 0 Å². The molecule has 1 aromatic heterocycles. The van der Waals surface area contributed by atoms with Crippen LogP contribution in [0, 0.1) is 5.41 Å². The number of carboxylic acid groups (broad SMARTS) is 1. The summed E-state index contributed by atoms with van der Waals surface area (Å²) in [5.41, 5.74) is -0.823. The predicted octanol–water partition coefficient (Wildman–Crippen LogP) is 3.54. The topological polar surface area (TPSA) is 70.8 Å². The number of carbonyl (C=O) groups is 2. The third-order valence-corrected chi connectivity index (χ3v) is 5.44. The van der Waals surface area contributed by atoms with E-state index in [-0.39, 0.29) is 18.4 Å². The average Bonchev–Trinajstić information content (AvgIpc) is 2.99. The van der Waals surface area contributed by atoms with Gasteiger partial charge in [0.15, 0.2) is 0 Å². The number of hydrogen-bond acceptors (Lipinski definition) is 3. The van der Waals surface area contributed by atoms with Gasteiger partial charge in [0, 0.05) is 19.4 Å². The third kappa shape index (κ3) is 3.01. The Hall–Kier alpha value is -1.78. The van der Waals surface area contributed by atoms with Crippen molar-refractivity contribution in [2.24, 2.45) is 5.41 Å². The molecule has 2 fully saturated rings. The summed E-state index contributed by atoms with van der Waals surface area (Å²) in [6, 6.07) is 3.89. The summed E-state index contributed by atoms with van der Waals surface area (Å²) in [4.78, 5) is 26.2. The minimum Gasteiger partial charge on any atom is -0.481 e. The molecule has 1 amide bonds. The molecule has 126 valence electrons. The van der Waals surface area contributed by atoms with Crippen LogP contribution in [0.25, 0.3) is 0 Å². The fraction of sp³-hybridized carbons (Fsp3) is 0.667. The van der Waals surface area contributed by atoms with E-state index in [1.165, 1.54) is 0 Å². The molecule has 23 heavy (non-hydrogen) atoms. The second kappa shape index (κ2) is 6.38. The Balaban J connectivity index is 1.75. The molecule has 0 spiro atoms. The van der Waals surface area contributed by atoms with Crippen LogP contribution in [0.1, 0.15) is 69.4 Å². The summed E-state index contributed by atoms with van der Waals surface area (Å²) in [5, 5.41) is 9.46. The van der Waals surface area contributed by atoms with E-state index in [0.29, 0.717) is 19.4 Å². The van der Waals surface area contributed by atoms with Gasteiger partial charge in [-0.3, -0.25) is 9.59 Å². The number of piperidine rings is 1. The van der Waals surface area contributed by atoms with Gasteiger partial charge < -0.3 is 14.4 Å². The second-order valence-corrected chi connectivity index (χ2v) is 6.87. The minimum atomic E-state index is -0.823. The molecule has 2 aliphatic rings. The number of aryl methyl sites for hydroxylation is 1. The summed E-state index contributed by atoms with van der Waals surface area (Å²) in [7, 11) is 0. The van der Waals surface area contributed by atoms with Crippen molar-refractivity contribution in [3.8, 4) is 0 Å².